The molecule has 0 heterocycles. The molecule has 0 saturated carbocycles. The van der Waals surface area contributed by atoms with Gasteiger partial charge in [-0.1, -0.05) is 0 Å². The van der Waals surface area contributed by atoms with E-state index in [-0.39, 0.29) is 12.5 Å². The number of rotatable bonds is 4. The Morgan fingerprint density at radius 1 is 1.50 bits per heavy atom. The number of carbonyl (C=O) groups excluding carboxylic acids is 1. The Hall–Kier alpha value is -0.770. The lowest BCUT2D eigenvalue weighted by Gasteiger charge is -2.16. The minimum atomic E-state index is -1.49. The van der Waals surface area contributed by atoms with E-state index in [4.69, 9.17) is 16.7 Å². The normalized spacial score (nSPS) is 10.9. The molecule has 0 bridgehead atoms. The van der Waals surface area contributed by atoms with E-state index in [2.05, 4.69) is 4.74 Å². The van der Waals surface area contributed by atoms with E-state index >= 15 is 0 Å². The molecule has 0 aromatic carbocycles. The number of hydrogen-bond donors (Lipinski definition) is 1. The zero-order chi connectivity index (χ0) is 9.78. The van der Waals surface area contributed by atoms with E-state index in [9.17, 15) is 9.59 Å². The van der Waals surface area contributed by atoms with Gasteiger partial charge in [0.25, 0.3) is 0 Å². The second kappa shape index (κ2) is 4.30. The van der Waals surface area contributed by atoms with Crippen molar-refractivity contribution in [2.45, 2.75) is 13.8 Å². The minimum Gasteiger partial charge on any atom is -0.480 e. The van der Waals surface area contributed by atoms with Crippen molar-refractivity contribution in [2.75, 3.05) is 12.5 Å². The summed E-state index contributed by atoms with van der Waals surface area (Å²) in [5.41, 5.74) is -1.49. The fourth-order valence-electron chi connectivity index (χ4n) is 0.399. The zero-order valence-electron chi connectivity index (χ0n) is 6.96. The predicted molar refractivity (Wildman–Crippen MR) is 43.1 cm³/mol. The van der Waals surface area contributed by atoms with Crippen LogP contribution in [0, 0.1) is 5.41 Å². The van der Waals surface area contributed by atoms with Crippen molar-refractivity contribution >= 4 is 23.5 Å². The molecule has 0 unspecified atom stereocenters. The summed E-state index contributed by atoms with van der Waals surface area (Å²) in [7, 11) is 0. The molecule has 0 aliphatic rings. The number of hydrogen-bond acceptors (Lipinski definition) is 3. The van der Waals surface area contributed by atoms with Crippen molar-refractivity contribution < 1.29 is 19.4 Å². The summed E-state index contributed by atoms with van der Waals surface area (Å²) >= 11 is 5.25. The van der Waals surface area contributed by atoms with E-state index in [0.717, 1.165) is 0 Å². The Morgan fingerprint density at radius 3 is 2.33 bits per heavy atom. The van der Waals surface area contributed by atoms with Gasteiger partial charge in [0, 0.05) is 0 Å². The van der Waals surface area contributed by atoms with Gasteiger partial charge in [-0.05, 0) is 13.8 Å². The van der Waals surface area contributed by atoms with Crippen molar-refractivity contribution in [3.8, 4) is 0 Å². The standard InChI is InChI=1S/C7H11ClO4/c1-7(2,5(9)10)6(11)12-4-3-8/h3-4H2,1-2H3,(H,9,10). The van der Waals surface area contributed by atoms with Gasteiger partial charge in [0.05, 0.1) is 5.88 Å². The molecule has 4 nitrogen and oxygen atoms in total. The first-order chi connectivity index (χ1) is 5.42. The van der Waals surface area contributed by atoms with Crippen molar-refractivity contribution in [3.05, 3.63) is 0 Å². The maximum Gasteiger partial charge on any atom is 0.322 e. The summed E-state index contributed by atoms with van der Waals surface area (Å²) in [6.07, 6.45) is 0. The van der Waals surface area contributed by atoms with E-state index in [1.165, 1.54) is 13.8 Å². The Morgan fingerprint density at radius 2 is 2.00 bits per heavy atom. The SMILES string of the molecule is CC(C)(C(=O)O)C(=O)OCCCl. The molecule has 1 N–H and O–H groups in total. The van der Waals surface area contributed by atoms with Crippen LogP contribution in [0.3, 0.4) is 0 Å². The molecule has 0 saturated heterocycles. The molecule has 0 radical (unpaired) electrons. The van der Waals surface area contributed by atoms with Crippen LogP contribution in [0.4, 0.5) is 0 Å². The second-order valence-corrected chi connectivity index (χ2v) is 3.13. The number of carboxylic acids is 1. The van der Waals surface area contributed by atoms with E-state index < -0.39 is 17.4 Å². The van der Waals surface area contributed by atoms with Gasteiger partial charge in [-0.3, -0.25) is 9.59 Å². The fraction of sp³-hybridized carbons (Fsp3) is 0.714. The van der Waals surface area contributed by atoms with E-state index in [1.807, 2.05) is 0 Å². The molecule has 0 aliphatic carbocycles. The van der Waals surface area contributed by atoms with Crippen LogP contribution in [0.1, 0.15) is 13.8 Å². The summed E-state index contributed by atoms with van der Waals surface area (Å²) in [5.74, 6) is -1.81. The van der Waals surface area contributed by atoms with Crippen LogP contribution in [-0.2, 0) is 14.3 Å². The van der Waals surface area contributed by atoms with Gasteiger partial charge in [-0.2, -0.15) is 0 Å². The summed E-state index contributed by atoms with van der Waals surface area (Å²) in [6.45, 7) is 2.61. The lowest BCUT2D eigenvalue weighted by atomic mass is 9.94. The molecule has 0 aliphatic heterocycles. The summed E-state index contributed by atoms with van der Waals surface area (Å²) in [5, 5.41) is 8.58. The van der Waals surface area contributed by atoms with Crippen molar-refractivity contribution in [3.63, 3.8) is 0 Å². The summed E-state index contributed by atoms with van der Waals surface area (Å²) in [4.78, 5) is 21.5. The number of aliphatic carboxylic acids is 1. The van der Waals surface area contributed by atoms with Crippen LogP contribution in [0.2, 0.25) is 0 Å². The highest BCUT2D eigenvalue weighted by Gasteiger charge is 2.37. The van der Waals surface area contributed by atoms with Crippen LogP contribution in [-0.4, -0.2) is 29.5 Å². The minimum absolute atomic E-state index is 0.0388. The van der Waals surface area contributed by atoms with Gasteiger partial charge < -0.3 is 9.84 Å². The Kier molecular flexibility index (Phi) is 4.03. The third-order valence-corrected chi connectivity index (χ3v) is 1.51. The van der Waals surface area contributed by atoms with Crippen LogP contribution in [0.5, 0.6) is 0 Å². The lowest BCUT2D eigenvalue weighted by molar-refractivity contribution is -0.165. The number of halogens is 1. The van der Waals surface area contributed by atoms with E-state index in [0.29, 0.717) is 0 Å². The van der Waals surface area contributed by atoms with Gasteiger partial charge in [0.1, 0.15) is 6.61 Å². The van der Waals surface area contributed by atoms with Crippen LogP contribution < -0.4 is 0 Å². The van der Waals surface area contributed by atoms with Crippen molar-refractivity contribution in [1.29, 1.82) is 0 Å². The third kappa shape index (κ3) is 2.70. The van der Waals surface area contributed by atoms with Gasteiger partial charge in [0.15, 0.2) is 5.41 Å². The topological polar surface area (TPSA) is 63.6 Å². The highest BCUT2D eigenvalue weighted by Crippen LogP contribution is 2.17. The van der Waals surface area contributed by atoms with Crippen molar-refractivity contribution in [2.24, 2.45) is 5.41 Å². The van der Waals surface area contributed by atoms with Gasteiger partial charge in [-0.25, -0.2) is 0 Å². The molecular weight excluding hydrogens is 184 g/mol. The highest BCUT2D eigenvalue weighted by atomic mass is 35.5. The quantitative estimate of drug-likeness (QED) is 0.410. The van der Waals surface area contributed by atoms with Crippen LogP contribution >= 0.6 is 11.6 Å². The van der Waals surface area contributed by atoms with Gasteiger partial charge >= 0.3 is 11.9 Å². The van der Waals surface area contributed by atoms with Gasteiger partial charge in [-0.15, -0.1) is 11.6 Å². The Balaban J connectivity index is 4.16. The molecule has 0 fully saturated rings. The molecular formula is C7H11ClO4. The summed E-state index contributed by atoms with van der Waals surface area (Å²) < 4.78 is 4.57. The smallest absolute Gasteiger partial charge is 0.322 e. The molecule has 0 rings (SSSR count). The number of esters is 1. The number of alkyl halides is 1. The van der Waals surface area contributed by atoms with Crippen molar-refractivity contribution in [1.82, 2.24) is 0 Å². The Labute approximate surface area is 75.5 Å². The molecule has 0 spiro atoms. The van der Waals surface area contributed by atoms with Gasteiger partial charge in [0.2, 0.25) is 0 Å². The van der Waals surface area contributed by atoms with Crippen LogP contribution in [0.25, 0.3) is 0 Å². The molecule has 0 atom stereocenters. The molecule has 0 aromatic heterocycles. The number of carboxylic acid groups (broad SMARTS) is 1. The monoisotopic (exact) mass is 194 g/mol. The summed E-state index contributed by atoms with van der Waals surface area (Å²) in [6, 6.07) is 0. The fourth-order valence-corrected chi connectivity index (χ4v) is 0.476. The third-order valence-electron chi connectivity index (χ3n) is 1.36. The first-order valence-electron chi connectivity index (χ1n) is 3.39. The maximum absolute atomic E-state index is 11.0. The average molecular weight is 195 g/mol. The zero-order valence-corrected chi connectivity index (χ0v) is 7.72. The second-order valence-electron chi connectivity index (χ2n) is 2.76. The van der Waals surface area contributed by atoms with Crippen LogP contribution in [0.15, 0.2) is 0 Å². The molecule has 0 amide bonds. The first kappa shape index (κ1) is 11.2. The first-order valence-corrected chi connectivity index (χ1v) is 3.93. The van der Waals surface area contributed by atoms with E-state index in [1.54, 1.807) is 0 Å². The largest absolute Gasteiger partial charge is 0.480 e. The Bertz CT molecular complexity index is 188. The molecule has 0 aromatic rings. The molecule has 5 heteroatoms. The lowest BCUT2D eigenvalue weighted by Crippen LogP contribution is -2.35. The molecule has 12 heavy (non-hydrogen) atoms. The predicted octanol–water partition coefficient (Wildman–Crippen LogP) is 0.879. The number of carbonyl (C=O) groups is 2. The highest BCUT2D eigenvalue weighted by molar-refractivity contribution is 6.18. The molecule has 70 valence electrons. The average Bonchev–Trinajstić information content (AvgIpc) is 1.99. The number of ether oxygens (including phenoxy) is 1. The maximum atomic E-state index is 11.0.